The Labute approximate surface area is 191 Å². The zero-order chi connectivity index (χ0) is 23.0. The molecular weight excluding hydrogens is 426 g/mol. The summed E-state index contributed by atoms with van der Waals surface area (Å²) in [6.07, 6.45) is 0. The van der Waals surface area contributed by atoms with Gasteiger partial charge in [-0.25, -0.2) is 0 Å². The third-order valence-corrected chi connectivity index (χ3v) is 5.85. The van der Waals surface area contributed by atoms with Gasteiger partial charge in [0.05, 0.1) is 23.7 Å². The van der Waals surface area contributed by atoms with Gasteiger partial charge in [-0.1, -0.05) is 59.1 Å². The van der Waals surface area contributed by atoms with Crippen LogP contribution in [0.1, 0.15) is 28.3 Å². The summed E-state index contributed by atoms with van der Waals surface area (Å²) in [5.41, 5.74) is 3.68. The van der Waals surface area contributed by atoms with Crippen molar-refractivity contribution >= 4 is 34.7 Å². The summed E-state index contributed by atoms with van der Waals surface area (Å²) in [5, 5.41) is 11.6. The van der Waals surface area contributed by atoms with Crippen molar-refractivity contribution in [3.05, 3.63) is 99.6 Å². The van der Waals surface area contributed by atoms with E-state index < -0.39 is 17.7 Å². The van der Waals surface area contributed by atoms with E-state index in [2.05, 4.69) is 0 Å². The third kappa shape index (κ3) is 3.76. The molecule has 1 amide bonds. The fraction of sp³-hybridized carbons (Fsp3) is 0.154. The van der Waals surface area contributed by atoms with Crippen LogP contribution in [0.4, 0.5) is 5.69 Å². The van der Waals surface area contributed by atoms with Crippen LogP contribution >= 0.6 is 11.6 Å². The molecule has 0 aliphatic carbocycles. The van der Waals surface area contributed by atoms with Gasteiger partial charge in [0.1, 0.15) is 11.5 Å². The monoisotopic (exact) mass is 447 g/mol. The van der Waals surface area contributed by atoms with Gasteiger partial charge >= 0.3 is 0 Å². The number of rotatable bonds is 4. The Morgan fingerprint density at radius 3 is 2.34 bits per heavy atom. The third-order valence-electron chi connectivity index (χ3n) is 5.54. The molecule has 1 atom stereocenters. The maximum atomic E-state index is 13.2. The summed E-state index contributed by atoms with van der Waals surface area (Å²) < 4.78 is 5.25. The highest BCUT2D eigenvalue weighted by Gasteiger charge is 2.47. The number of aryl methyl sites for hydroxylation is 2. The Kier molecular flexibility index (Phi) is 5.76. The van der Waals surface area contributed by atoms with Gasteiger partial charge in [-0.15, -0.1) is 0 Å². The summed E-state index contributed by atoms with van der Waals surface area (Å²) >= 11 is 6.12. The molecule has 5 nitrogen and oxygen atoms in total. The van der Waals surface area contributed by atoms with Crippen LogP contribution in [0.3, 0.4) is 0 Å². The van der Waals surface area contributed by atoms with E-state index >= 15 is 0 Å². The molecule has 0 aromatic heterocycles. The lowest BCUT2D eigenvalue weighted by Crippen LogP contribution is -2.29. The minimum atomic E-state index is -0.778. The summed E-state index contributed by atoms with van der Waals surface area (Å²) in [5.74, 6) is -1.36. The van der Waals surface area contributed by atoms with Crippen LogP contribution in [0.25, 0.3) is 5.76 Å². The van der Waals surface area contributed by atoms with Crippen LogP contribution in [-0.2, 0) is 9.59 Å². The van der Waals surface area contributed by atoms with E-state index in [0.29, 0.717) is 22.0 Å². The van der Waals surface area contributed by atoms with Gasteiger partial charge in [-0.2, -0.15) is 0 Å². The molecule has 1 aliphatic rings. The van der Waals surface area contributed by atoms with Crippen molar-refractivity contribution in [3.8, 4) is 5.75 Å². The molecule has 32 heavy (non-hydrogen) atoms. The van der Waals surface area contributed by atoms with Gasteiger partial charge in [0.25, 0.3) is 11.7 Å². The Hall–Kier alpha value is -3.57. The van der Waals surface area contributed by atoms with Crippen LogP contribution in [0.15, 0.2) is 72.3 Å². The summed E-state index contributed by atoms with van der Waals surface area (Å²) in [4.78, 5) is 27.8. The number of ketones is 1. The van der Waals surface area contributed by atoms with Crippen LogP contribution in [0.5, 0.6) is 5.75 Å². The maximum Gasteiger partial charge on any atom is 0.300 e. The average Bonchev–Trinajstić information content (AvgIpc) is 3.05. The first-order chi connectivity index (χ1) is 15.3. The molecule has 6 heteroatoms. The summed E-state index contributed by atoms with van der Waals surface area (Å²) in [7, 11) is 1.47. The Morgan fingerprint density at radius 2 is 1.69 bits per heavy atom. The van der Waals surface area contributed by atoms with Crippen molar-refractivity contribution in [3.63, 3.8) is 0 Å². The van der Waals surface area contributed by atoms with Crippen LogP contribution in [0.2, 0.25) is 5.02 Å². The van der Waals surface area contributed by atoms with Gasteiger partial charge in [0.15, 0.2) is 0 Å². The van der Waals surface area contributed by atoms with Gasteiger partial charge in [0, 0.05) is 11.3 Å². The average molecular weight is 448 g/mol. The highest BCUT2D eigenvalue weighted by Crippen LogP contribution is 2.43. The molecule has 1 aliphatic heterocycles. The minimum Gasteiger partial charge on any atom is -0.507 e. The molecule has 0 saturated carbocycles. The second kappa shape index (κ2) is 8.52. The van der Waals surface area contributed by atoms with E-state index in [0.717, 1.165) is 16.7 Å². The van der Waals surface area contributed by atoms with E-state index in [-0.39, 0.29) is 11.3 Å². The molecule has 162 valence electrons. The Balaban J connectivity index is 1.95. The van der Waals surface area contributed by atoms with Gasteiger partial charge in [-0.3, -0.25) is 14.5 Å². The van der Waals surface area contributed by atoms with Crippen molar-refractivity contribution < 1.29 is 19.4 Å². The number of aliphatic hydroxyl groups excluding tert-OH is 1. The standard InChI is InChI=1S/C26H22ClNO4/c1-15-7-10-19(11-8-15)28-23(17-6-4-5-16(2)13-17)22(25(30)26(28)31)24(29)18-9-12-20(27)21(14-18)32-3/h4-14,23,29H,1-3H3/b24-22-. The Bertz CT molecular complexity index is 1250. The van der Waals surface area contributed by atoms with Crippen molar-refractivity contribution in [2.24, 2.45) is 0 Å². The zero-order valence-electron chi connectivity index (χ0n) is 17.9. The van der Waals surface area contributed by atoms with Gasteiger partial charge in [-0.05, 0) is 49.7 Å². The number of methoxy groups -OCH3 is 1. The molecule has 1 saturated heterocycles. The van der Waals surface area contributed by atoms with Gasteiger partial charge in [0.2, 0.25) is 0 Å². The number of nitrogens with zero attached hydrogens (tertiary/aromatic N) is 1. The molecule has 1 unspecified atom stereocenters. The first-order valence-electron chi connectivity index (χ1n) is 10.1. The molecule has 1 heterocycles. The number of hydrogen-bond donors (Lipinski definition) is 1. The first-order valence-corrected chi connectivity index (χ1v) is 10.5. The number of benzene rings is 3. The predicted octanol–water partition coefficient (Wildman–Crippen LogP) is 5.59. The minimum absolute atomic E-state index is 0.0190. The number of carbonyl (C=O) groups excluding carboxylic acids is 2. The van der Waals surface area contributed by atoms with E-state index in [9.17, 15) is 14.7 Å². The van der Waals surface area contributed by atoms with Crippen molar-refractivity contribution in [2.45, 2.75) is 19.9 Å². The zero-order valence-corrected chi connectivity index (χ0v) is 18.7. The molecule has 0 spiro atoms. The van der Waals surface area contributed by atoms with E-state index in [1.807, 2.05) is 50.2 Å². The number of carbonyl (C=O) groups is 2. The van der Waals surface area contributed by atoms with Crippen molar-refractivity contribution in [1.29, 1.82) is 0 Å². The SMILES string of the molecule is COc1cc(/C(O)=C2/C(=O)C(=O)N(c3ccc(C)cc3)C2c2cccc(C)c2)ccc1Cl. The topological polar surface area (TPSA) is 66.8 Å². The summed E-state index contributed by atoms with van der Waals surface area (Å²) in [6.45, 7) is 3.88. The fourth-order valence-corrected chi connectivity index (χ4v) is 4.12. The highest BCUT2D eigenvalue weighted by atomic mass is 35.5. The molecular formula is C26H22ClNO4. The molecule has 0 bridgehead atoms. The molecule has 3 aromatic rings. The summed E-state index contributed by atoms with van der Waals surface area (Å²) in [6, 6.07) is 18.9. The highest BCUT2D eigenvalue weighted by molar-refractivity contribution is 6.51. The second-order valence-corrected chi connectivity index (χ2v) is 8.18. The molecule has 0 radical (unpaired) electrons. The van der Waals surface area contributed by atoms with E-state index in [1.54, 1.807) is 30.3 Å². The van der Waals surface area contributed by atoms with Crippen LogP contribution in [-0.4, -0.2) is 23.9 Å². The number of hydrogen-bond acceptors (Lipinski definition) is 4. The van der Waals surface area contributed by atoms with E-state index in [4.69, 9.17) is 16.3 Å². The first kappa shape index (κ1) is 21.7. The fourth-order valence-electron chi connectivity index (χ4n) is 3.92. The van der Waals surface area contributed by atoms with Crippen LogP contribution < -0.4 is 9.64 Å². The maximum absolute atomic E-state index is 13.2. The van der Waals surface area contributed by atoms with Crippen molar-refractivity contribution in [2.75, 3.05) is 12.0 Å². The van der Waals surface area contributed by atoms with Crippen LogP contribution in [0, 0.1) is 13.8 Å². The lowest BCUT2D eigenvalue weighted by Gasteiger charge is -2.26. The molecule has 3 aromatic carbocycles. The number of anilines is 1. The molecule has 1 N–H and O–H groups in total. The number of Topliss-reactive ketones (excluding diaryl/α,β-unsaturated/α-hetero) is 1. The van der Waals surface area contributed by atoms with Gasteiger partial charge < -0.3 is 9.84 Å². The smallest absolute Gasteiger partial charge is 0.300 e. The Morgan fingerprint density at radius 1 is 0.969 bits per heavy atom. The number of halogens is 1. The lowest BCUT2D eigenvalue weighted by atomic mass is 9.94. The molecule has 1 fully saturated rings. The lowest BCUT2D eigenvalue weighted by molar-refractivity contribution is -0.132. The molecule has 4 rings (SSSR count). The van der Waals surface area contributed by atoms with E-state index in [1.165, 1.54) is 12.0 Å². The predicted molar refractivity (Wildman–Crippen MR) is 125 cm³/mol. The number of aliphatic hydroxyl groups is 1. The second-order valence-electron chi connectivity index (χ2n) is 7.77. The number of amides is 1. The largest absolute Gasteiger partial charge is 0.507 e. The number of ether oxygens (including phenoxy) is 1. The normalized spacial score (nSPS) is 17.6. The quantitative estimate of drug-likeness (QED) is 0.321. The van der Waals surface area contributed by atoms with Crippen molar-refractivity contribution in [1.82, 2.24) is 0 Å².